The lowest BCUT2D eigenvalue weighted by molar-refractivity contribution is -0.115. The van der Waals surface area contributed by atoms with Crippen LogP contribution in [-0.4, -0.2) is 94.9 Å². The molecule has 24 heteroatoms. The molecule has 0 spiro atoms. The van der Waals surface area contributed by atoms with E-state index in [0.29, 0.717) is 39.7 Å². The molecule has 25 aromatic rings. The number of rotatable bonds is 1. The summed E-state index contributed by atoms with van der Waals surface area (Å²) in [6.07, 6.45) is 35.5. The molecule has 7 N–H and O–H groups in total. The van der Waals surface area contributed by atoms with Gasteiger partial charge in [-0.3, -0.25) is 64.8 Å². The van der Waals surface area contributed by atoms with Crippen LogP contribution in [0.2, 0.25) is 0 Å². The van der Waals surface area contributed by atoms with Gasteiger partial charge in [0, 0.05) is 158 Å². The number of pyridine rings is 6. The first kappa shape index (κ1) is 92.6. The summed E-state index contributed by atoms with van der Waals surface area (Å²) < 4.78 is 3.52. The third kappa shape index (κ3) is 22.3. The quantitative estimate of drug-likeness (QED) is 0.0594. The fourth-order valence-electron chi connectivity index (χ4n) is 16.8. The number of para-hydroxylation sites is 4. The Kier molecular flexibility index (Phi) is 28.6. The summed E-state index contributed by atoms with van der Waals surface area (Å²) in [7, 11) is 0. The Bertz CT molecular complexity index is 8360. The molecule has 11 aromatic heterocycles. The van der Waals surface area contributed by atoms with E-state index in [0.717, 1.165) is 94.9 Å². The molecule has 5 aliphatic rings. The van der Waals surface area contributed by atoms with Gasteiger partial charge < -0.3 is 30.1 Å². The number of carbonyl (C=O) groups excluding carboxylic acids is 4. The van der Waals surface area contributed by atoms with Crippen molar-refractivity contribution in [2.75, 3.05) is 10.6 Å². The highest BCUT2D eigenvalue weighted by Gasteiger charge is 2.28. The van der Waals surface area contributed by atoms with Gasteiger partial charge in [0.1, 0.15) is 17.7 Å². The van der Waals surface area contributed by atoms with Crippen LogP contribution in [0.25, 0.3) is 141 Å². The van der Waals surface area contributed by atoms with E-state index in [-0.39, 0.29) is 40.9 Å². The number of aromatic hydroxyl groups is 1. The predicted octanol–water partition coefficient (Wildman–Crippen LogP) is 26.8. The summed E-state index contributed by atoms with van der Waals surface area (Å²) in [5.74, 6) is -1.13. The van der Waals surface area contributed by atoms with Gasteiger partial charge in [0.25, 0.3) is 17.7 Å². The Labute approximate surface area is 822 Å². The van der Waals surface area contributed by atoms with Gasteiger partial charge in [0.2, 0.25) is 11.8 Å². The molecule has 14 aromatic carbocycles. The van der Waals surface area contributed by atoms with Crippen molar-refractivity contribution in [1.82, 2.24) is 59.6 Å². The lowest BCUT2D eigenvalue weighted by Gasteiger charge is -2.01. The van der Waals surface area contributed by atoms with Crippen molar-refractivity contribution in [2.24, 2.45) is 10.2 Å². The van der Waals surface area contributed by atoms with Gasteiger partial charge in [0.05, 0.1) is 51.0 Å². The molecule has 1 aliphatic carbocycles. The minimum Gasteiger partial charge on any atom is -0.493 e. The SMILES string of the molecule is C1=Cc2ccccc2C1.C1=Nc2ccccc2C1.N=C1C(=O)Nc2cc3ccncc3cc21.O=C1Cc2cc3cnccc3cc2N1.O=C1NC(=O)c2cc3cnccc3cc21.O=Nc1c(O)[nH]c2cc3ccncc3cc12.c1ccc2c(c1)cc1[nH]ccn12.c1ccc2cc3sccc3cc2c1.c1ccc2ccccc2c1.c1ccc2cnccc2c1.c1ccc2ncccc2c1.c1ccc2ncncc2c1. The normalized spacial score (nSPS) is 12.1. The molecule has 4 amide bonds. The molecule has 690 valence electrons. The van der Waals surface area contributed by atoms with E-state index in [1.165, 1.54) is 75.4 Å². The first-order valence-corrected chi connectivity index (χ1v) is 46.7. The number of benzene rings is 14. The van der Waals surface area contributed by atoms with Gasteiger partial charge >= 0.3 is 0 Å². The van der Waals surface area contributed by atoms with Crippen LogP contribution >= 0.6 is 11.3 Å². The van der Waals surface area contributed by atoms with Crippen molar-refractivity contribution in [3.63, 3.8) is 0 Å². The number of hydrogen-bond acceptors (Lipinski definition) is 18. The molecule has 0 unspecified atom stereocenters. The number of H-pyrrole nitrogens is 2. The first-order valence-electron chi connectivity index (χ1n) is 45.8. The highest BCUT2D eigenvalue weighted by atomic mass is 32.1. The minimum atomic E-state index is -0.340. The largest absolute Gasteiger partial charge is 0.493 e. The second-order valence-electron chi connectivity index (χ2n) is 33.2. The number of aromatic nitrogens is 11. The molecule has 0 radical (unpaired) electrons. The average Bonchev–Trinajstić information content (AvgIpc) is 1.64. The lowest BCUT2D eigenvalue weighted by Crippen LogP contribution is -2.19. The summed E-state index contributed by atoms with van der Waals surface area (Å²) in [5, 5.41) is 50.8. The zero-order chi connectivity index (χ0) is 97.6. The standard InChI is InChI=1S/C12H8S.C11H7N3O2.C11H7N3O.C11H6N2O2.C11H8N2O.C10H8N2.C10H8.2C9H7N.C9H8.C8H6N2.C8H7N/c1-2-4-10-8-12-11(5-6-13-12)7-9(10)3-1;15-11-10(14-16)8-3-7-5-12-2-1-6(7)4-9(8)13-11;12-10-8-3-7-5-13-2-1-6(7)4-9(8)14-11(10)15;14-10-8-3-6-1-2-12-5-7(6)4-9(8)11(15)13-10;14-11-5-8-3-9-6-12-2-1-7(9)4-10(8)13-11;1-2-4-9-8(3-1)7-10-11-5-6-12(9)10;1-2-6-10-8-4-3-7-9(10)5-1;1-2-6-9-8(4-1)5-3-7-10-9;1-2-4-9-7-10-6-5-8(9)3-1;1-2-5-9-7-3-6-8(9)4-1;1-2-4-8-7(3-1)5-9-6-10-8;1-2-4-8-7(3-1)5-6-9-8/h1-8H;1-5,13,15H;1-5H,(H2,12,14,15);1-5H,(H,13,14,15);1-4,6H,5H2,(H,13,14);1-7,11H;1-8H;2*1-7H;1-6H,7H2;1-6H;1-4,6H,5H2. The zero-order valence-electron chi connectivity index (χ0n) is 76.7. The van der Waals surface area contributed by atoms with E-state index in [1.54, 1.807) is 79.2 Å². The molecule has 0 atom stereocenters. The van der Waals surface area contributed by atoms with Crippen molar-refractivity contribution in [2.45, 2.75) is 19.3 Å². The molecule has 0 fully saturated rings. The van der Waals surface area contributed by atoms with Crippen LogP contribution in [0, 0.1) is 10.3 Å². The third-order valence-electron chi connectivity index (χ3n) is 24.0. The number of imide groups is 1. The molecule has 0 saturated carbocycles. The van der Waals surface area contributed by atoms with Crippen molar-refractivity contribution in [1.29, 1.82) is 5.41 Å². The zero-order valence-corrected chi connectivity index (χ0v) is 77.5. The monoisotopic (exact) mass is 1880 g/mol. The maximum atomic E-state index is 11.4. The number of nitrogens with one attached hydrogen (secondary N) is 6. The number of anilines is 2. The van der Waals surface area contributed by atoms with E-state index in [2.05, 4.69) is 274 Å². The average molecular weight is 1880 g/mol. The van der Waals surface area contributed by atoms with E-state index < -0.39 is 0 Å². The fourth-order valence-corrected chi connectivity index (χ4v) is 17.6. The van der Waals surface area contributed by atoms with Gasteiger partial charge in [-0.2, -0.15) is 0 Å². The summed E-state index contributed by atoms with van der Waals surface area (Å²) in [6.45, 7) is 0. The van der Waals surface area contributed by atoms with Crippen LogP contribution in [0.15, 0.2) is 448 Å². The van der Waals surface area contributed by atoms with Crippen LogP contribution < -0.4 is 16.0 Å². The van der Waals surface area contributed by atoms with Crippen LogP contribution in [0.5, 0.6) is 5.88 Å². The maximum Gasteiger partial charge on any atom is 0.274 e. The Morgan fingerprint density at radius 3 is 1.55 bits per heavy atom. The number of amides is 4. The van der Waals surface area contributed by atoms with Crippen molar-refractivity contribution in [3.05, 3.63) is 482 Å². The molecule has 23 nitrogen and oxygen atoms in total. The third-order valence-corrected chi connectivity index (χ3v) is 24.9. The van der Waals surface area contributed by atoms with E-state index in [1.807, 2.05) is 189 Å². The summed E-state index contributed by atoms with van der Waals surface area (Å²) in [6, 6.07) is 112. The predicted molar refractivity (Wildman–Crippen MR) is 579 cm³/mol. The second-order valence-corrected chi connectivity index (χ2v) is 34.2. The van der Waals surface area contributed by atoms with Gasteiger partial charge in [-0.05, 0) is 232 Å². The number of imidazole rings is 1. The van der Waals surface area contributed by atoms with Gasteiger partial charge in [0.15, 0.2) is 5.69 Å². The molecule has 0 saturated heterocycles. The lowest BCUT2D eigenvalue weighted by atomic mass is 10.0. The number of aromatic amines is 2. The molecule has 30 rings (SSSR count). The van der Waals surface area contributed by atoms with Crippen LogP contribution in [0.1, 0.15) is 48.5 Å². The summed E-state index contributed by atoms with van der Waals surface area (Å²) in [5.41, 5.74) is 14.8. The van der Waals surface area contributed by atoms with Crippen LogP contribution in [-0.2, 0) is 28.9 Å². The van der Waals surface area contributed by atoms with E-state index in [9.17, 15) is 29.2 Å². The maximum absolute atomic E-state index is 11.4. The van der Waals surface area contributed by atoms with E-state index in [4.69, 9.17) is 5.41 Å². The smallest absolute Gasteiger partial charge is 0.274 e. The molecular formula is C119H87N17O6S. The summed E-state index contributed by atoms with van der Waals surface area (Å²) >= 11 is 1.80. The number of nitrogens with zero attached hydrogens (tertiary/aromatic N) is 11. The summed E-state index contributed by atoms with van der Waals surface area (Å²) in [4.78, 5) is 98.0. The van der Waals surface area contributed by atoms with Crippen LogP contribution in [0.4, 0.5) is 22.7 Å². The second kappa shape index (κ2) is 44.1. The Balaban J connectivity index is 0.0000000993. The number of hydrogen-bond donors (Lipinski definition) is 7. The number of aliphatic imine (C=N–C) groups is 1. The highest BCUT2D eigenvalue weighted by molar-refractivity contribution is 7.17. The van der Waals surface area contributed by atoms with Crippen molar-refractivity contribution >= 4 is 210 Å². The van der Waals surface area contributed by atoms with Crippen molar-refractivity contribution in [3.8, 4) is 5.88 Å². The first-order chi connectivity index (χ1) is 70.3. The number of allylic oxidation sites excluding steroid dienone is 1. The minimum absolute atomic E-state index is 0.0238. The Morgan fingerprint density at radius 1 is 0.385 bits per heavy atom. The highest BCUT2D eigenvalue weighted by Crippen LogP contribution is 2.38. The molecule has 143 heavy (non-hydrogen) atoms. The number of fused-ring (bicyclic) bond motifs is 19. The molecule has 0 bridgehead atoms. The van der Waals surface area contributed by atoms with Gasteiger partial charge in [-0.1, -0.05) is 212 Å². The van der Waals surface area contributed by atoms with Gasteiger partial charge in [-0.15, -0.1) is 16.2 Å². The van der Waals surface area contributed by atoms with Crippen LogP contribution in [0.3, 0.4) is 0 Å². The number of carbonyl (C=O) groups is 4. The molecular weight excluding hydrogens is 1800 g/mol. The Hall–Kier alpha value is -19.5. The Morgan fingerprint density at radius 2 is 0.895 bits per heavy atom. The van der Waals surface area contributed by atoms with Gasteiger partial charge in [-0.25, -0.2) is 9.97 Å². The fraction of sp³-hybridized carbons (Fsp3) is 0.0252. The number of nitroso groups, excluding NO2 is 1. The van der Waals surface area contributed by atoms with E-state index >= 15 is 0 Å². The van der Waals surface area contributed by atoms with Crippen molar-refractivity contribution < 1.29 is 24.3 Å². The number of thiophene rings is 1. The topological polar surface area (TPSA) is 329 Å². The molecule has 15 heterocycles. The molecule has 4 aliphatic heterocycles.